The van der Waals surface area contributed by atoms with Gasteiger partial charge in [-0.2, -0.15) is 0 Å². The molecule has 2 rings (SSSR count). The second kappa shape index (κ2) is 3.86. The van der Waals surface area contributed by atoms with E-state index < -0.39 is 0 Å². The Bertz CT molecular complexity index is 508. The summed E-state index contributed by atoms with van der Waals surface area (Å²) in [5.74, 6) is -0.120. The molecule has 2 N–H and O–H groups in total. The van der Waals surface area contributed by atoms with Crippen molar-refractivity contribution in [3.8, 4) is 0 Å². The number of furan rings is 1. The highest BCUT2D eigenvalue weighted by Crippen LogP contribution is 2.22. The first-order valence-electron chi connectivity index (χ1n) is 4.18. The Labute approximate surface area is 94.2 Å². The van der Waals surface area contributed by atoms with Gasteiger partial charge in [0, 0.05) is 6.20 Å². The maximum atomic E-state index is 11.9. The molecule has 76 valence electrons. The van der Waals surface area contributed by atoms with Crippen molar-refractivity contribution in [3.63, 3.8) is 0 Å². The summed E-state index contributed by atoms with van der Waals surface area (Å²) in [7, 11) is 0. The van der Waals surface area contributed by atoms with E-state index in [2.05, 4.69) is 20.9 Å². The van der Waals surface area contributed by atoms with Crippen LogP contribution >= 0.6 is 15.9 Å². The van der Waals surface area contributed by atoms with Crippen molar-refractivity contribution in [1.82, 2.24) is 4.98 Å². The Balaban J connectivity index is 2.46. The molecule has 2 aromatic rings. The lowest BCUT2D eigenvalue weighted by Gasteiger charge is -2.00. The normalized spacial score (nSPS) is 10.2. The third kappa shape index (κ3) is 1.78. The smallest absolute Gasteiger partial charge is 0.249 e. The Kier molecular flexibility index (Phi) is 2.55. The second-order valence-corrected chi connectivity index (χ2v) is 3.72. The number of carbonyl (C=O) groups excluding carboxylic acids is 1. The number of rotatable bonds is 2. The van der Waals surface area contributed by atoms with Crippen LogP contribution in [0.3, 0.4) is 0 Å². The lowest BCUT2D eigenvalue weighted by molar-refractivity contribution is 0.100. The summed E-state index contributed by atoms with van der Waals surface area (Å²) in [5, 5.41) is 0. The van der Waals surface area contributed by atoms with Crippen molar-refractivity contribution in [2.24, 2.45) is 0 Å². The number of aromatic nitrogens is 1. The van der Waals surface area contributed by atoms with E-state index in [1.165, 1.54) is 12.5 Å². The Morgan fingerprint density at radius 1 is 1.47 bits per heavy atom. The van der Waals surface area contributed by atoms with Gasteiger partial charge in [0.05, 0.1) is 16.4 Å². The number of hydrogen-bond acceptors (Lipinski definition) is 4. The van der Waals surface area contributed by atoms with E-state index in [0.717, 1.165) is 0 Å². The van der Waals surface area contributed by atoms with Gasteiger partial charge in [0.25, 0.3) is 0 Å². The largest absolute Gasteiger partial charge is 0.460 e. The molecule has 0 aromatic carbocycles. The molecule has 0 spiro atoms. The molecule has 0 unspecified atom stereocenters. The first kappa shape index (κ1) is 9.92. The second-order valence-electron chi connectivity index (χ2n) is 2.87. The molecule has 0 atom stereocenters. The van der Waals surface area contributed by atoms with Gasteiger partial charge in [0.15, 0.2) is 5.76 Å². The molecule has 2 aromatic heterocycles. The fraction of sp³-hybridized carbons (Fsp3) is 0. The van der Waals surface area contributed by atoms with Crippen LogP contribution in [0, 0.1) is 0 Å². The van der Waals surface area contributed by atoms with Gasteiger partial charge in [-0.05, 0) is 34.1 Å². The molecule has 0 aliphatic carbocycles. The van der Waals surface area contributed by atoms with Crippen molar-refractivity contribution in [3.05, 3.63) is 46.6 Å². The van der Waals surface area contributed by atoms with Crippen LogP contribution in [0.5, 0.6) is 0 Å². The predicted molar refractivity (Wildman–Crippen MR) is 58.5 cm³/mol. The summed E-state index contributed by atoms with van der Waals surface area (Å²) < 4.78 is 5.64. The topological polar surface area (TPSA) is 69.1 Å². The SMILES string of the molecule is Nc1cccnc1C(=O)c1occc1Br. The van der Waals surface area contributed by atoms with Crippen LogP contribution in [-0.2, 0) is 0 Å². The van der Waals surface area contributed by atoms with E-state index in [9.17, 15) is 4.79 Å². The van der Waals surface area contributed by atoms with Gasteiger partial charge in [0.2, 0.25) is 5.78 Å². The molecule has 0 saturated carbocycles. The fourth-order valence-corrected chi connectivity index (χ4v) is 1.55. The molecule has 0 aliphatic heterocycles. The third-order valence-corrected chi connectivity index (χ3v) is 2.50. The van der Waals surface area contributed by atoms with Crippen LogP contribution in [-0.4, -0.2) is 10.8 Å². The Morgan fingerprint density at radius 2 is 2.27 bits per heavy atom. The molecule has 4 nitrogen and oxygen atoms in total. The van der Waals surface area contributed by atoms with Crippen molar-refractivity contribution < 1.29 is 9.21 Å². The average Bonchev–Trinajstić information content (AvgIpc) is 2.64. The van der Waals surface area contributed by atoms with Crippen molar-refractivity contribution in [1.29, 1.82) is 0 Å². The number of pyridine rings is 1. The van der Waals surface area contributed by atoms with Gasteiger partial charge < -0.3 is 10.2 Å². The number of carbonyl (C=O) groups is 1. The number of nitrogens with zero attached hydrogens (tertiary/aromatic N) is 1. The molecule has 15 heavy (non-hydrogen) atoms. The highest BCUT2D eigenvalue weighted by atomic mass is 79.9. The molecule has 0 bridgehead atoms. The summed E-state index contributed by atoms with van der Waals surface area (Å²) in [6.45, 7) is 0. The molecule has 0 amide bonds. The van der Waals surface area contributed by atoms with Gasteiger partial charge in [-0.1, -0.05) is 0 Å². The lowest BCUT2D eigenvalue weighted by Crippen LogP contribution is -2.07. The van der Waals surface area contributed by atoms with Gasteiger partial charge in [0.1, 0.15) is 5.69 Å². The third-order valence-electron chi connectivity index (χ3n) is 1.88. The summed E-state index contributed by atoms with van der Waals surface area (Å²) >= 11 is 3.21. The maximum absolute atomic E-state index is 11.9. The summed E-state index contributed by atoms with van der Waals surface area (Å²) in [5.41, 5.74) is 6.18. The van der Waals surface area contributed by atoms with Gasteiger partial charge in [-0.25, -0.2) is 0 Å². The maximum Gasteiger partial charge on any atom is 0.249 e. The van der Waals surface area contributed by atoms with Gasteiger partial charge >= 0.3 is 0 Å². The molecular formula is C10H7BrN2O2. The number of halogens is 1. The highest BCUT2D eigenvalue weighted by Gasteiger charge is 2.19. The predicted octanol–water partition coefficient (Wildman–Crippen LogP) is 2.25. The Hall–Kier alpha value is -1.62. The first-order chi connectivity index (χ1) is 7.20. The number of hydrogen-bond donors (Lipinski definition) is 1. The van der Waals surface area contributed by atoms with Crippen molar-refractivity contribution in [2.75, 3.05) is 5.73 Å². The molecule has 0 aliphatic rings. The zero-order valence-electron chi connectivity index (χ0n) is 7.61. The van der Waals surface area contributed by atoms with Crippen LogP contribution in [0.1, 0.15) is 16.2 Å². The minimum atomic E-state index is -0.329. The van der Waals surface area contributed by atoms with Gasteiger partial charge in [-0.15, -0.1) is 0 Å². The first-order valence-corrected chi connectivity index (χ1v) is 4.97. The van der Waals surface area contributed by atoms with Crippen LogP contribution in [0.25, 0.3) is 0 Å². The number of anilines is 1. The number of nitrogens with two attached hydrogens (primary N) is 1. The fourth-order valence-electron chi connectivity index (χ4n) is 1.17. The van der Waals surface area contributed by atoms with E-state index in [1.54, 1.807) is 18.2 Å². The highest BCUT2D eigenvalue weighted by molar-refractivity contribution is 9.10. The monoisotopic (exact) mass is 266 g/mol. The average molecular weight is 267 g/mol. The van der Waals surface area contributed by atoms with E-state index in [0.29, 0.717) is 10.2 Å². The van der Waals surface area contributed by atoms with Crippen LogP contribution in [0.15, 0.2) is 39.5 Å². The van der Waals surface area contributed by atoms with Crippen molar-refractivity contribution in [2.45, 2.75) is 0 Å². The molecule has 5 heteroatoms. The molecule has 0 fully saturated rings. The quantitative estimate of drug-likeness (QED) is 0.847. The number of ketones is 1. The van der Waals surface area contributed by atoms with E-state index >= 15 is 0 Å². The van der Waals surface area contributed by atoms with E-state index in [1.807, 2.05) is 0 Å². The van der Waals surface area contributed by atoms with Crippen molar-refractivity contribution >= 4 is 27.4 Å². The molecule has 0 radical (unpaired) electrons. The minimum Gasteiger partial charge on any atom is -0.460 e. The minimum absolute atomic E-state index is 0.202. The zero-order valence-corrected chi connectivity index (χ0v) is 9.19. The zero-order chi connectivity index (χ0) is 10.8. The van der Waals surface area contributed by atoms with E-state index in [4.69, 9.17) is 10.2 Å². The molecular weight excluding hydrogens is 260 g/mol. The van der Waals surface area contributed by atoms with Gasteiger partial charge in [-0.3, -0.25) is 9.78 Å². The van der Waals surface area contributed by atoms with Crippen LogP contribution in [0.4, 0.5) is 5.69 Å². The van der Waals surface area contributed by atoms with Crippen LogP contribution in [0.2, 0.25) is 0 Å². The standard InChI is InChI=1S/C10H7BrN2O2/c11-6-3-5-15-10(6)9(14)8-7(12)2-1-4-13-8/h1-5H,12H2. The summed E-state index contributed by atoms with van der Waals surface area (Å²) in [6, 6.07) is 4.94. The molecule has 2 heterocycles. The van der Waals surface area contributed by atoms with Crippen LogP contribution < -0.4 is 5.73 Å². The molecule has 0 saturated heterocycles. The number of nitrogen functional groups attached to an aromatic ring is 1. The Morgan fingerprint density at radius 3 is 2.87 bits per heavy atom. The summed E-state index contributed by atoms with van der Waals surface area (Å²) in [4.78, 5) is 15.8. The lowest BCUT2D eigenvalue weighted by atomic mass is 10.2. The van der Waals surface area contributed by atoms with E-state index in [-0.39, 0.29) is 17.2 Å². The summed E-state index contributed by atoms with van der Waals surface area (Å²) in [6.07, 6.45) is 2.94.